The zero-order valence-electron chi connectivity index (χ0n) is 14.5. The van der Waals surface area contributed by atoms with E-state index in [2.05, 4.69) is 21.2 Å². The normalized spacial score (nSPS) is 13.0. The third-order valence-electron chi connectivity index (χ3n) is 4.37. The number of benzene rings is 2. The van der Waals surface area contributed by atoms with Gasteiger partial charge in [-0.3, -0.25) is 19.3 Å². The van der Waals surface area contributed by atoms with Crippen molar-refractivity contribution in [2.24, 2.45) is 0 Å². The number of hydrogen-bond acceptors (Lipinski definition) is 3. The first kappa shape index (κ1) is 19.6. The Bertz CT molecular complexity index is 883. The first-order valence-corrected chi connectivity index (χ1v) is 9.79. The van der Waals surface area contributed by atoms with Gasteiger partial charge in [-0.05, 0) is 48.7 Å². The quantitative estimate of drug-likeness (QED) is 0.653. The van der Waals surface area contributed by atoms with E-state index in [9.17, 15) is 14.4 Å². The summed E-state index contributed by atoms with van der Waals surface area (Å²) in [6.07, 6.45) is 1.41. The van der Waals surface area contributed by atoms with Crippen molar-refractivity contribution in [3.05, 3.63) is 68.7 Å². The second-order valence-electron chi connectivity index (χ2n) is 6.28. The molecule has 1 heterocycles. The van der Waals surface area contributed by atoms with Crippen LogP contribution in [-0.4, -0.2) is 35.7 Å². The number of nitrogens with zero attached hydrogens (tertiary/aromatic N) is 1. The van der Waals surface area contributed by atoms with Crippen molar-refractivity contribution in [2.75, 3.05) is 13.1 Å². The van der Waals surface area contributed by atoms with Gasteiger partial charge < -0.3 is 5.32 Å². The van der Waals surface area contributed by atoms with Gasteiger partial charge in [0.2, 0.25) is 5.91 Å². The van der Waals surface area contributed by atoms with E-state index >= 15 is 0 Å². The molecule has 0 saturated heterocycles. The first-order chi connectivity index (χ1) is 13.0. The van der Waals surface area contributed by atoms with Gasteiger partial charge in [0.25, 0.3) is 11.8 Å². The Labute approximate surface area is 170 Å². The zero-order valence-corrected chi connectivity index (χ0v) is 16.8. The number of imide groups is 1. The van der Waals surface area contributed by atoms with Crippen molar-refractivity contribution in [1.29, 1.82) is 0 Å². The number of nitrogens with one attached hydrogen (secondary N) is 1. The Morgan fingerprint density at radius 1 is 1.04 bits per heavy atom. The van der Waals surface area contributed by atoms with E-state index in [1.165, 1.54) is 4.90 Å². The van der Waals surface area contributed by atoms with Crippen molar-refractivity contribution in [3.8, 4) is 0 Å². The minimum Gasteiger partial charge on any atom is -0.356 e. The third kappa shape index (κ3) is 4.76. The van der Waals surface area contributed by atoms with Crippen LogP contribution in [0.3, 0.4) is 0 Å². The Hall–Kier alpha value is -2.18. The summed E-state index contributed by atoms with van der Waals surface area (Å²) in [4.78, 5) is 37.9. The van der Waals surface area contributed by atoms with Crippen LogP contribution in [0.15, 0.2) is 46.9 Å². The standard InChI is InChI=1S/C20H18BrClN2O3/c21-14-5-8-16-17(12-14)20(27)24(19(16)26)11-1-2-18(25)23-10-9-13-3-6-15(22)7-4-13/h3-8,12H,1-2,9-11H2,(H,23,25). The SMILES string of the molecule is O=C(CCCN1C(=O)c2ccc(Br)cc2C1=O)NCCc1ccc(Cl)cc1. The molecule has 0 bridgehead atoms. The van der Waals surface area contributed by atoms with Crippen LogP contribution in [0, 0.1) is 0 Å². The number of rotatable bonds is 7. The molecule has 3 amide bonds. The smallest absolute Gasteiger partial charge is 0.261 e. The minimum atomic E-state index is -0.306. The lowest BCUT2D eigenvalue weighted by Gasteiger charge is -2.13. The van der Waals surface area contributed by atoms with Crippen molar-refractivity contribution < 1.29 is 14.4 Å². The second-order valence-corrected chi connectivity index (χ2v) is 7.63. The summed E-state index contributed by atoms with van der Waals surface area (Å²) in [7, 11) is 0. The Morgan fingerprint density at radius 3 is 2.48 bits per heavy atom. The summed E-state index contributed by atoms with van der Waals surface area (Å²) in [5.41, 5.74) is 1.91. The molecular formula is C20H18BrClN2O3. The molecule has 1 aliphatic heterocycles. The zero-order chi connectivity index (χ0) is 19.4. The lowest BCUT2D eigenvalue weighted by Crippen LogP contribution is -2.32. The van der Waals surface area contributed by atoms with Crippen LogP contribution in [0.5, 0.6) is 0 Å². The van der Waals surface area contributed by atoms with Crippen molar-refractivity contribution >= 4 is 45.3 Å². The molecule has 2 aromatic rings. The lowest BCUT2D eigenvalue weighted by atomic mass is 10.1. The Morgan fingerprint density at radius 2 is 1.74 bits per heavy atom. The van der Waals surface area contributed by atoms with Crippen molar-refractivity contribution in [1.82, 2.24) is 10.2 Å². The molecule has 0 aromatic heterocycles. The third-order valence-corrected chi connectivity index (χ3v) is 5.11. The van der Waals surface area contributed by atoms with Gasteiger partial charge in [-0.15, -0.1) is 0 Å². The molecule has 140 valence electrons. The van der Waals surface area contributed by atoms with E-state index in [1.807, 2.05) is 24.3 Å². The molecular weight excluding hydrogens is 432 g/mol. The molecule has 2 aromatic carbocycles. The average Bonchev–Trinajstić information content (AvgIpc) is 2.87. The molecule has 0 aliphatic carbocycles. The van der Waals surface area contributed by atoms with Gasteiger partial charge in [0.1, 0.15) is 0 Å². The average molecular weight is 450 g/mol. The molecule has 3 rings (SSSR count). The fourth-order valence-corrected chi connectivity index (χ4v) is 3.44. The number of hydrogen-bond donors (Lipinski definition) is 1. The van der Waals surface area contributed by atoms with E-state index in [0.29, 0.717) is 29.1 Å². The summed E-state index contributed by atoms with van der Waals surface area (Å²) in [6.45, 7) is 0.760. The molecule has 0 fully saturated rings. The highest BCUT2D eigenvalue weighted by Gasteiger charge is 2.35. The largest absolute Gasteiger partial charge is 0.356 e. The molecule has 5 nitrogen and oxygen atoms in total. The molecule has 0 spiro atoms. The van der Waals surface area contributed by atoms with Crippen LogP contribution in [0.25, 0.3) is 0 Å². The number of halogens is 2. The van der Waals surface area contributed by atoms with Crippen molar-refractivity contribution in [3.63, 3.8) is 0 Å². The monoisotopic (exact) mass is 448 g/mol. The maximum Gasteiger partial charge on any atom is 0.261 e. The number of carbonyl (C=O) groups is 3. The van der Waals surface area contributed by atoms with E-state index in [-0.39, 0.29) is 30.7 Å². The number of fused-ring (bicyclic) bond motifs is 1. The van der Waals surface area contributed by atoms with Gasteiger partial charge in [-0.2, -0.15) is 0 Å². The Kier molecular flexibility index (Phi) is 6.29. The van der Waals surface area contributed by atoms with Crippen molar-refractivity contribution in [2.45, 2.75) is 19.3 Å². The van der Waals surface area contributed by atoms with Crippen LogP contribution in [0.4, 0.5) is 0 Å². The van der Waals surface area contributed by atoms with E-state index in [0.717, 1.165) is 16.5 Å². The van der Waals surface area contributed by atoms with Crippen LogP contribution < -0.4 is 5.32 Å². The molecule has 1 aliphatic rings. The predicted molar refractivity (Wildman–Crippen MR) is 107 cm³/mol. The van der Waals surface area contributed by atoms with Crippen LogP contribution in [0.2, 0.25) is 5.02 Å². The molecule has 1 N–H and O–H groups in total. The van der Waals surface area contributed by atoms with E-state index < -0.39 is 0 Å². The van der Waals surface area contributed by atoms with Gasteiger partial charge in [0, 0.05) is 29.0 Å². The fraction of sp³-hybridized carbons (Fsp3) is 0.250. The van der Waals surface area contributed by atoms with Gasteiger partial charge >= 0.3 is 0 Å². The first-order valence-electron chi connectivity index (χ1n) is 8.62. The van der Waals surface area contributed by atoms with Gasteiger partial charge in [-0.1, -0.05) is 39.7 Å². The van der Waals surface area contributed by atoms with E-state index in [1.54, 1.807) is 18.2 Å². The van der Waals surface area contributed by atoms with Gasteiger partial charge in [0.15, 0.2) is 0 Å². The molecule has 0 radical (unpaired) electrons. The fourth-order valence-electron chi connectivity index (χ4n) is 2.95. The van der Waals surface area contributed by atoms with Crippen LogP contribution >= 0.6 is 27.5 Å². The second kappa shape index (κ2) is 8.67. The predicted octanol–water partition coefficient (Wildman–Crippen LogP) is 3.84. The molecule has 0 saturated carbocycles. The summed E-state index contributed by atoms with van der Waals surface area (Å²) >= 11 is 9.15. The van der Waals surface area contributed by atoms with Crippen LogP contribution in [-0.2, 0) is 11.2 Å². The highest BCUT2D eigenvalue weighted by Crippen LogP contribution is 2.26. The minimum absolute atomic E-state index is 0.0942. The molecule has 0 unspecified atom stereocenters. The summed E-state index contributed by atoms with van der Waals surface area (Å²) in [6, 6.07) is 12.5. The molecule has 0 atom stereocenters. The highest BCUT2D eigenvalue weighted by molar-refractivity contribution is 9.10. The van der Waals surface area contributed by atoms with Gasteiger partial charge in [0.05, 0.1) is 11.1 Å². The number of carbonyl (C=O) groups excluding carboxylic acids is 3. The summed E-state index contributed by atoms with van der Waals surface area (Å²) < 4.78 is 0.754. The molecule has 27 heavy (non-hydrogen) atoms. The lowest BCUT2D eigenvalue weighted by molar-refractivity contribution is -0.121. The number of amides is 3. The molecule has 7 heteroatoms. The summed E-state index contributed by atoms with van der Waals surface area (Å²) in [5.74, 6) is -0.701. The van der Waals surface area contributed by atoms with Crippen LogP contribution in [0.1, 0.15) is 39.1 Å². The Balaban J connectivity index is 1.42. The maximum atomic E-state index is 12.4. The highest BCUT2D eigenvalue weighted by atomic mass is 79.9. The van der Waals surface area contributed by atoms with Gasteiger partial charge in [-0.25, -0.2) is 0 Å². The summed E-state index contributed by atoms with van der Waals surface area (Å²) in [5, 5.41) is 3.54. The topological polar surface area (TPSA) is 66.5 Å². The van der Waals surface area contributed by atoms with E-state index in [4.69, 9.17) is 11.6 Å². The maximum absolute atomic E-state index is 12.4.